The van der Waals surface area contributed by atoms with Gasteiger partial charge in [0.2, 0.25) is 5.91 Å². The summed E-state index contributed by atoms with van der Waals surface area (Å²) in [4.78, 5) is 16.4. The van der Waals surface area contributed by atoms with E-state index in [1.54, 1.807) is 9.58 Å². The third-order valence-corrected chi connectivity index (χ3v) is 4.32. The summed E-state index contributed by atoms with van der Waals surface area (Å²) in [5.41, 5.74) is 1.95. The van der Waals surface area contributed by atoms with Crippen molar-refractivity contribution in [2.75, 3.05) is 19.6 Å². The Bertz CT molecular complexity index is 733. The average Bonchev–Trinajstić information content (AvgIpc) is 3.01. The van der Waals surface area contributed by atoms with E-state index in [1.165, 1.54) is 5.56 Å². The predicted octanol–water partition coefficient (Wildman–Crippen LogP) is 1.20. The summed E-state index contributed by atoms with van der Waals surface area (Å²) in [5.74, 6) is 0.0355. The first-order valence-corrected chi connectivity index (χ1v) is 8.09. The van der Waals surface area contributed by atoms with E-state index in [-0.39, 0.29) is 18.4 Å². The highest BCUT2D eigenvalue weighted by Gasteiger charge is 2.29. The fourth-order valence-corrected chi connectivity index (χ4v) is 3.00. The number of rotatable bonds is 4. The number of hydrogen-bond donors (Lipinski definition) is 0. The lowest BCUT2D eigenvalue weighted by Gasteiger charge is -2.38. The van der Waals surface area contributed by atoms with Crippen molar-refractivity contribution >= 4 is 5.91 Å². The van der Waals surface area contributed by atoms with Crippen molar-refractivity contribution in [2.24, 2.45) is 7.05 Å². The van der Waals surface area contributed by atoms with E-state index in [9.17, 15) is 10.1 Å². The van der Waals surface area contributed by atoms with Crippen molar-refractivity contribution in [3.05, 3.63) is 53.9 Å². The first kappa shape index (κ1) is 16.2. The second kappa shape index (κ2) is 7.28. The van der Waals surface area contributed by atoms with E-state index < -0.39 is 0 Å². The fourth-order valence-electron chi connectivity index (χ4n) is 3.00. The standard InChI is InChI=1S/C18H21N5O/c1-21-8-7-16(20-21)11-18(24)23-10-9-22(17(12-19)14-23)13-15-5-3-2-4-6-15/h2-8,17H,9-11,13-14H2,1H3. The Morgan fingerprint density at radius 2 is 2.08 bits per heavy atom. The molecule has 2 aromatic rings. The van der Waals surface area contributed by atoms with Crippen LogP contribution in [0, 0.1) is 11.3 Å². The maximum absolute atomic E-state index is 12.5. The summed E-state index contributed by atoms with van der Waals surface area (Å²) < 4.78 is 1.69. The zero-order valence-electron chi connectivity index (χ0n) is 13.8. The van der Waals surface area contributed by atoms with Gasteiger partial charge in [-0.25, -0.2) is 0 Å². The molecule has 1 aromatic heterocycles. The van der Waals surface area contributed by atoms with E-state index >= 15 is 0 Å². The molecule has 0 bridgehead atoms. The van der Waals surface area contributed by atoms with Crippen LogP contribution in [-0.2, 0) is 24.8 Å². The molecule has 0 N–H and O–H groups in total. The minimum absolute atomic E-state index is 0.0355. The van der Waals surface area contributed by atoms with Crippen LogP contribution in [0.4, 0.5) is 0 Å². The van der Waals surface area contributed by atoms with Gasteiger partial charge in [-0.1, -0.05) is 30.3 Å². The minimum Gasteiger partial charge on any atom is -0.338 e. The monoisotopic (exact) mass is 323 g/mol. The number of nitrogens with zero attached hydrogens (tertiary/aromatic N) is 5. The van der Waals surface area contributed by atoms with Gasteiger partial charge in [0.25, 0.3) is 0 Å². The molecule has 3 rings (SSSR count). The highest BCUT2D eigenvalue weighted by Crippen LogP contribution is 2.15. The molecule has 2 heterocycles. The van der Waals surface area contributed by atoms with Crippen molar-refractivity contribution in [2.45, 2.75) is 19.0 Å². The SMILES string of the molecule is Cn1ccc(CC(=O)N2CCN(Cc3ccccc3)C(C#N)C2)n1. The van der Waals surface area contributed by atoms with E-state index in [2.05, 4.69) is 28.2 Å². The van der Waals surface area contributed by atoms with Gasteiger partial charge >= 0.3 is 0 Å². The average molecular weight is 323 g/mol. The van der Waals surface area contributed by atoms with Gasteiger partial charge in [0.15, 0.2) is 0 Å². The number of hydrogen-bond acceptors (Lipinski definition) is 4. The van der Waals surface area contributed by atoms with Crippen LogP contribution < -0.4 is 0 Å². The number of aromatic nitrogens is 2. The van der Waals surface area contributed by atoms with Crippen molar-refractivity contribution in [3.63, 3.8) is 0 Å². The number of carbonyl (C=O) groups is 1. The normalized spacial score (nSPS) is 18.3. The zero-order valence-corrected chi connectivity index (χ0v) is 13.8. The number of carbonyl (C=O) groups excluding carboxylic acids is 1. The van der Waals surface area contributed by atoms with Gasteiger partial charge in [0.1, 0.15) is 6.04 Å². The van der Waals surface area contributed by atoms with Gasteiger partial charge in [-0.05, 0) is 11.6 Å². The summed E-state index contributed by atoms with van der Waals surface area (Å²) in [6, 6.07) is 14.0. The maximum Gasteiger partial charge on any atom is 0.228 e. The molecule has 1 unspecified atom stereocenters. The topological polar surface area (TPSA) is 65.2 Å². The second-order valence-corrected chi connectivity index (χ2v) is 6.10. The summed E-state index contributed by atoms with van der Waals surface area (Å²) in [5, 5.41) is 13.7. The number of aryl methyl sites for hydroxylation is 1. The van der Waals surface area contributed by atoms with E-state index in [0.29, 0.717) is 19.6 Å². The molecular weight excluding hydrogens is 302 g/mol. The molecule has 1 saturated heterocycles. The second-order valence-electron chi connectivity index (χ2n) is 6.10. The maximum atomic E-state index is 12.5. The lowest BCUT2D eigenvalue weighted by Crippen LogP contribution is -2.54. The quantitative estimate of drug-likeness (QED) is 0.848. The van der Waals surface area contributed by atoms with Crippen molar-refractivity contribution in [3.8, 4) is 6.07 Å². The summed E-state index contributed by atoms with van der Waals surface area (Å²) in [7, 11) is 1.84. The molecule has 1 amide bonds. The summed E-state index contributed by atoms with van der Waals surface area (Å²) >= 11 is 0. The molecule has 24 heavy (non-hydrogen) atoms. The molecule has 0 radical (unpaired) electrons. The number of amides is 1. The smallest absolute Gasteiger partial charge is 0.228 e. The predicted molar refractivity (Wildman–Crippen MR) is 89.7 cm³/mol. The lowest BCUT2D eigenvalue weighted by atomic mass is 10.1. The Hall–Kier alpha value is -2.65. The zero-order chi connectivity index (χ0) is 16.9. The molecule has 124 valence electrons. The number of piperazine rings is 1. The Kier molecular flexibility index (Phi) is 4.92. The van der Waals surface area contributed by atoms with Crippen LogP contribution in [0.5, 0.6) is 0 Å². The molecule has 1 aliphatic heterocycles. The highest BCUT2D eigenvalue weighted by atomic mass is 16.2. The Labute approximate surface area is 141 Å². The van der Waals surface area contributed by atoms with Gasteiger partial charge in [0.05, 0.1) is 18.2 Å². The van der Waals surface area contributed by atoms with E-state index in [0.717, 1.165) is 12.2 Å². The first-order chi connectivity index (χ1) is 11.7. The van der Waals surface area contributed by atoms with Gasteiger partial charge < -0.3 is 4.90 Å². The third kappa shape index (κ3) is 3.81. The molecule has 0 aliphatic carbocycles. The van der Waals surface area contributed by atoms with Gasteiger partial charge in [-0.15, -0.1) is 0 Å². The Balaban J connectivity index is 1.60. The molecule has 0 saturated carbocycles. The molecule has 0 spiro atoms. The van der Waals surface area contributed by atoms with Crippen molar-refractivity contribution < 1.29 is 4.79 Å². The summed E-state index contributed by atoms with van der Waals surface area (Å²) in [6.07, 6.45) is 2.12. The molecule has 1 atom stereocenters. The number of benzene rings is 1. The Morgan fingerprint density at radius 1 is 1.29 bits per heavy atom. The largest absolute Gasteiger partial charge is 0.338 e. The minimum atomic E-state index is -0.272. The third-order valence-electron chi connectivity index (χ3n) is 4.32. The molecule has 1 aromatic carbocycles. The first-order valence-electron chi connectivity index (χ1n) is 8.09. The van der Waals surface area contributed by atoms with Crippen LogP contribution in [0.1, 0.15) is 11.3 Å². The van der Waals surface area contributed by atoms with Gasteiger partial charge in [0, 0.05) is 39.4 Å². The van der Waals surface area contributed by atoms with E-state index in [4.69, 9.17) is 0 Å². The molecular formula is C18H21N5O. The van der Waals surface area contributed by atoms with Crippen molar-refractivity contribution in [1.82, 2.24) is 19.6 Å². The van der Waals surface area contributed by atoms with Gasteiger partial charge in [-0.3, -0.25) is 14.4 Å². The van der Waals surface area contributed by atoms with Gasteiger partial charge in [-0.2, -0.15) is 10.4 Å². The fraction of sp³-hybridized carbons (Fsp3) is 0.389. The van der Waals surface area contributed by atoms with E-state index in [1.807, 2.05) is 37.5 Å². The van der Waals surface area contributed by atoms with Crippen LogP contribution in [-0.4, -0.2) is 51.2 Å². The molecule has 6 nitrogen and oxygen atoms in total. The van der Waals surface area contributed by atoms with Crippen LogP contribution in [0.15, 0.2) is 42.6 Å². The molecule has 6 heteroatoms. The molecule has 1 aliphatic rings. The van der Waals surface area contributed by atoms with Crippen LogP contribution in [0.2, 0.25) is 0 Å². The van der Waals surface area contributed by atoms with Crippen molar-refractivity contribution in [1.29, 1.82) is 5.26 Å². The Morgan fingerprint density at radius 3 is 2.75 bits per heavy atom. The van der Waals surface area contributed by atoms with Crippen LogP contribution in [0.25, 0.3) is 0 Å². The summed E-state index contributed by atoms with van der Waals surface area (Å²) in [6.45, 7) is 2.55. The van der Waals surface area contributed by atoms with Crippen LogP contribution in [0.3, 0.4) is 0 Å². The lowest BCUT2D eigenvalue weighted by molar-refractivity contribution is -0.133. The number of nitriles is 1. The molecule has 1 fully saturated rings. The highest BCUT2D eigenvalue weighted by molar-refractivity contribution is 5.78. The van der Waals surface area contributed by atoms with Crippen LogP contribution >= 0.6 is 0 Å².